The van der Waals surface area contributed by atoms with Gasteiger partial charge in [-0.2, -0.15) is 0 Å². The molecule has 18 heteroatoms. The standard InChI is InChI=1S/C47H64N6O12/c1-6-7-19-34(41(57)44(60)49-35(46(62)63)24-30-15-9-8-10-16-30)48-42(58)36-25-33(65-47(64)52-23-22-31-17-11-12-18-32(31)26-52)27-53(36)45(61)40(29(4)5)51-43(59)39(28(2)3)50-37(54)20-13-14-21-38(55)56/h8-12,15-18,28-29,33-36,39-40H,6-7,13-14,19-27H2,1-5H3,(H,48,58)(H,49,60)(H,50,54)(H,51,59)(H,55,56)(H,62,63)/t33?,34?,35?,36?,39-,40-/m0/s1. The van der Waals surface area contributed by atoms with Gasteiger partial charge in [-0.1, -0.05) is 102 Å². The van der Waals surface area contributed by atoms with E-state index in [1.165, 1.54) is 9.80 Å². The summed E-state index contributed by atoms with van der Waals surface area (Å²) in [5, 5.41) is 29.2. The second-order valence-electron chi connectivity index (χ2n) is 17.4. The van der Waals surface area contributed by atoms with Crippen molar-refractivity contribution in [3.63, 3.8) is 0 Å². The molecule has 6 atom stereocenters. The van der Waals surface area contributed by atoms with Gasteiger partial charge in [-0.25, -0.2) is 9.59 Å². The molecule has 0 saturated carbocycles. The van der Waals surface area contributed by atoms with Gasteiger partial charge in [-0.15, -0.1) is 0 Å². The van der Waals surface area contributed by atoms with Crippen molar-refractivity contribution in [3.05, 3.63) is 71.3 Å². The molecule has 2 heterocycles. The molecule has 0 aromatic heterocycles. The van der Waals surface area contributed by atoms with Gasteiger partial charge in [0.25, 0.3) is 5.91 Å². The van der Waals surface area contributed by atoms with Crippen LogP contribution in [0.3, 0.4) is 0 Å². The molecule has 0 aliphatic carbocycles. The second kappa shape index (κ2) is 24.7. The average molecular weight is 905 g/mol. The first-order valence-corrected chi connectivity index (χ1v) is 22.5. The molecule has 1 fully saturated rings. The molecule has 18 nitrogen and oxygen atoms in total. The van der Waals surface area contributed by atoms with Crippen LogP contribution in [0.5, 0.6) is 0 Å². The smallest absolute Gasteiger partial charge is 0.410 e. The Kier molecular flexibility index (Phi) is 19.5. The van der Waals surface area contributed by atoms with Gasteiger partial charge in [0.15, 0.2) is 0 Å². The van der Waals surface area contributed by atoms with Gasteiger partial charge in [0.2, 0.25) is 29.4 Å². The number of benzene rings is 2. The van der Waals surface area contributed by atoms with E-state index in [9.17, 15) is 48.3 Å². The molecule has 1 saturated heterocycles. The van der Waals surface area contributed by atoms with Gasteiger partial charge in [0, 0.05) is 38.8 Å². The average Bonchev–Trinajstić information content (AvgIpc) is 3.70. The number of rotatable bonds is 23. The molecule has 6 amide bonds. The predicted octanol–water partition coefficient (Wildman–Crippen LogP) is 3.13. The number of ether oxygens (including phenoxy) is 1. The topological polar surface area (TPSA) is 258 Å². The van der Waals surface area contributed by atoms with Crippen LogP contribution in [0.2, 0.25) is 0 Å². The Morgan fingerprint density at radius 2 is 1.40 bits per heavy atom. The zero-order valence-electron chi connectivity index (χ0n) is 37.9. The third-order valence-corrected chi connectivity index (χ3v) is 11.6. The van der Waals surface area contributed by atoms with Crippen molar-refractivity contribution < 1.29 is 58.1 Å². The minimum atomic E-state index is -1.45. The van der Waals surface area contributed by atoms with Crippen molar-refractivity contribution in [2.24, 2.45) is 11.8 Å². The highest BCUT2D eigenvalue weighted by Gasteiger charge is 2.46. The van der Waals surface area contributed by atoms with E-state index in [1.807, 2.05) is 31.2 Å². The number of fused-ring (bicyclic) bond motifs is 1. The number of nitrogens with one attached hydrogen (secondary N) is 4. The second-order valence-corrected chi connectivity index (χ2v) is 17.4. The van der Waals surface area contributed by atoms with Gasteiger partial charge in [0.05, 0.1) is 12.6 Å². The van der Waals surface area contributed by atoms with E-state index < -0.39 is 101 Å². The molecule has 0 spiro atoms. The lowest BCUT2D eigenvalue weighted by molar-refractivity contribution is -0.146. The van der Waals surface area contributed by atoms with Gasteiger partial charge in [0.1, 0.15) is 30.3 Å². The predicted molar refractivity (Wildman–Crippen MR) is 237 cm³/mol. The lowest BCUT2D eigenvalue weighted by Gasteiger charge is -2.32. The van der Waals surface area contributed by atoms with Crippen molar-refractivity contribution in [2.45, 2.75) is 142 Å². The molecule has 0 radical (unpaired) electrons. The van der Waals surface area contributed by atoms with E-state index in [0.717, 1.165) is 11.1 Å². The number of likely N-dealkylation sites (tertiary alicyclic amines) is 1. The van der Waals surface area contributed by atoms with Crippen LogP contribution in [0.25, 0.3) is 0 Å². The van der Waals surface area contributed by atoms with Crippen LogP contribution < -0.4 is 21.3 Å². The summed E-state index contributed by atoms with van der Waals surface area (Å²) < 4.78 is 5.94. The summed E-state index contributed by atoms with van der Waals surface area (Å²) in [6.45, 7) is 9.07. The van der Waals surface area contributed by atoms with Crippen LogP contribution >= 0.6 is 0 Å². The first kappa shape index (κ1) is 51.3. The van der Waals surface area contributed by atoms with E-state index in [1.54, 1.807) is 58.0 Å². The van der Waals surface area contributed by atoms with E-state index in [-0.39, 0.29) is 45.1 Å². The van der Waals surface area contributed by atoms with Crippen LogP contribution in [0.1, 0.15) is 103 Å². The molecule has 2 aliphatic rings. The fraction of sp³-hybridized carbons (Fsp3) is 0.553. The number of hydrogen-bond acceptors (Lipinski definition) is 10. The fourth-order valence-electron chi connectivity index (χ4n) is 7.90. The maximum atomic E-state index is 14.6. The van der Waals surface area contributed by atoms with Crippen LogP contribution in [0, 0.1) is 11.8 Å². The Morgan fingerprint density at radius 3 is 2.03 bits per heavy atom. The third-order valence-electron chi connectivity index (χ3n) is 11.6. The molecule has 2 aromatic rings. The number of Topliss-reactive ketones (excluding diaryl/α,β-unsaturated/α-hetero) is 1. The third kappa shape index (κ3) is 15.1. The quantitative estimate of drug-likeness (QED) is 0.0695. The van der Waals surface area contributed by atoms with Crippen LogP contribution in [-0.2, 0) is 62.5 Å². The molecule has 4 rings (SSSR count). The van der Waals surface area contributed by atoms with Gasteiger partial charge < -0.3 is 46.0 Å². The molecule has 0 bridgehead atoms. The minimum absolute atomic E-state index is 0.0117. The van der Waals surface area contributed by atoms with E-state index in [4.69, 9.17) is 9.84 Å². The Hall–Kier alpha value is -6.33. The van der Waals surface area contributed by atoms with E-state index in [2.05, 4.69) is 21.3 Å². The lowest BCUT2D eigenvalue weighted by Crippen LogP contribution is -2.60. The van der Waals surface area contributed by atoms with Crippen molar-refractivity contribution in [1.82, 2.24) is 31.1 Å². The van der Waals surface area contributed by atoms with Crippen LogP contribution in [0.15, 0.2) is 54.6 Å². The van der Waals surface area contributed by atoms with Crippen molar-refractivity contribution in [2.75, 3.05) is 13.1 Å². The molecular weight excluding hydrogens is 841 g/mol. The number of nitrogens with zero attached hydrogens (tertiary/aromatic N) is 2. The van der Waals surface area contributed by atoms with Gasteiger partial charge >= 0.3 is 18.0 Å². The van der Waals surface area contributed by atoms with E-state index in [0.29, 0.717) is 44.3 Å². The number of carbonyl (C=O) groups is 9. The number of carboxylic acid groups (broad SMARTS) is 2. The fourth-order valence-corrected chi connectivity index (χ4v) is 7.90. The molecule has 4 unspecified atom stereocenters. The summed E-state index contributed by atoms with van der Waals surface area (Å²) >= 11 is 0. The van der Waals surface area contributed by atoms with Crippen molar-refractivity contribution in [3.8, 4) is 0 Å². The zero-order valence-corrected chi connectivity index (χ0v) is 37.9. The first-order valence-electron chi connectivity index (χ1n) is 22.5. The number of ketones is 1. The van der Waals surface area contributed by atoms with Crippen LogP contribution in [-0.4, -0.2) is 123 Å². The highest BCUT2D eigenvalue weighted by Crippen LogP contribution is 2.26. The number of carbonyl (C=O) groups excluding carboxylic acids is 7. The normalized spacial score (nSPS) is 17.5. The number of amides is 6. The molecule has 354 valence electrons. The summed E-state index contributed by atoms with van der Waals surface area (Å²) in [7, 11) is 0. The number of unbranched alkanes of at least 4 members (excludes halogenated alkanes) is 2. The summed E-state index contributed by atoms with van der Waals surface area (Å²) in [6, 6.07) is 9.77. The molecular formula is C47H64N6O12. The van der Waals surface area contributed by atoms with Crippen LogP contribution in [0.4, 0.5) is 4.79 Å². The highest BCUT2D eigenvalue weighted by molar-refractivity contribution is 6.38. The van der Waals surface area contributed by atoms with Crippen molar-refractivity contribution in [1.29, 1.82) is 0 Å². The minimum Gasteiger partial charge on any atom is -0.481 e. The molecule has 6 N–H and O–H groups in total. The highest BCUT2D eigenvalue weighted by atomic mass is 16.6. The number of carboxylic acids is 2. The summed E-state index contributed by atoms with van der Waals surface area (Å²) in [6.07, 6.45) is 0.135. The maximum absolute atomic E-state index is 14.6. The summed E-state index contributed by atoms with van der Waals surface area (Å²) in [4.78, 5) is 122. The first-order chi connectivity index (χ1) is 30.9. The maximum Gasteiger partial charge on any atom is 0.410 e. The monoisotopic (exact) mass is 904 g/mol. The summed E-state index contributed by atoms with van der Waals surface area (Å²) in [5.41, 5.74) is 2.68. The number of hydrogen-bond donors (Lipinski definition) is 6. The Balaban J connectivity index is 1.56. The molecule has 2 aromatic carbocycles. The SMILES string of the molecule is CCCCC(NC(=O)C1CC(OC(=O)N2CCc3ccccc3C2)CN1C(=O)[C@@H](NC(=O)[C@@H](NC(=O)CCCCC(=O)O)C(C)C)C(C)C)C(=O)C(=O)NC(Cc1ccccc1)C(=O)O. The summed E-state index contributed by atoms with van der Waals surface area (Å²) in [5.74, 6) is -8.25. The Bertz CT molecular complexity index is 2030. The molecule has 65 heavy (non-hydrogen) atoms. The van der Waals surface area contributed by atoms with E-state index >= 15 is 0 Å². The van der Waals surface area contributed by atoms with Crippen molar-refractivity contribution >= 4 is 53.4 Å². The number of aliphatic carboxylic acids is 2. The Labute approximate surface area is 379 Å². The zero-order chi connectivity index (χ0) is 47.8. The van der Waals surface area contributed by atoms with Gasteiger partial charge in [-0.3, -0.25) is 33.6 Å². The largest absolute Gasteiger partial charge is 0.481 e. The lowest BCUT2D eigenvalue weighted by atomic mass is 9.98. The van der Waals surface area contributed by atoms with Gasteiger partial charge in [-0.05, 0) is 54.2 Å². The molecule has 2 aliphatic heterocycles. The Morgan fingerprint density at radius 1 is 0.754 bits per heavy atom.